The van der Waals surface area contributed by atoms with Crippen molar-refractivity contribution >= 4 is 22.6 Å². The Balaban J connectivity index is 2.71. The van der Waals surface area contributed by atoms with E-state index in [0.717, 1.165) is 29.5 Å². The van der Waals surface area contributed by atoms with Crippen molar-refractivity contribution < 1.29 is 4.39 Å². The second-order valence-corrected chi connectivity index (χ2v) is 6.91. The molecular formula is C16H28FIN2. The molecule has 1 rings (SSSR count). The molecule has 1 heterocycles. The predicted molar refractivity (Wildman–Crippen MR) is 91.5 cm³/mol. The van der Waals surface area contributed by atoms with Gasteiger partial charge in [0, 0.05) is 28.1 Å². The van der Waals surface area contributed by atoms with Gasteiger partial charge in [0.15, 0.2) is 3.83 Å². The van der Waals surface area contributed by atoms with Crippen LogP contribution in [0, 0.1) is 9.78 Å². The number of halogens is 2. The smallest absolute Gasteiger partial charge is 0.214 e. The Morgan fingerprint density at radius 2 is 1.70 bits per heavy atom. The summed E-state index contributed by atoms with van der Waals surface area (Å²) < 4.78 is 16.6. The molecule has 2 nitrogen and oxygen atoms in total. The quantitative estimate of drug-likeness (QED) is 0.357. The first kappa shape index (κ1) is 17.9. The average Bonchev–Trinajstić information content (AvgIpc) is 2.76. The number of hydrogen-bond acceptors (Lipinski definition) is 1. The Labute approximate surface area is 136 Å². The van der Waals surface area contributed by atoms with Gasteiger partial charge in [-0.3, -0.25) is 4.57 Å². The Kier molecular flexibility index (Phi) is 8.07. The summed E-state index contributed by atoms with van der Waals surface area (Å²) >= 11 is 2.14. The summed E-state index contributed by atoms with van der Waals surface area (Å²) in [6.45, 7) is 6.61. The number of nitrogens with zero attached hydrogens (tertiary/aromatic N) is 2. The van der Waals surface area contributed by atoms with E-state index in [2.05, 4.69) is 48.3 Å². The molecule has 20 heavy (non-hydrogen) atoms. The Morgan fingerprint density at radius 3 is 2.25 bits per heavy atom. The SMILES string of the molecule is CCCCCCCC(C)(CCCC)n1c(F)cnc1I. The first-order valence-corrected chi connectivity index (χ1v) is 9.02. The molecular weight excluding hydrogens is 366 g/mol. The number of aromatic nitrogens is 2. The van der Waals surface area contributed by atoms with Crippen molar-refractivity contribution in [2.45, 2.75) is 84.1 Å². The molecule has 0 radical (unpaired) electrons. The van der Waals surface area contributed by atoms with Gasteiger partial charge in [-0.15, -0.1) is 0 Å². The maximum atomic E-state index is 14.1. The zero-order chi connectivity index (χ0) is 15.0. The minimum Gasteiger partial charge on any atom is -0.290 e. The molecule has 0 aliphatic rings. The summed E-state index contributed by atoms with van der Waals surface area (Å²) in [5, 5.41) is 0. The van der Waals surface area contributed by atoms with E-state index in [-0.39, 0.29) is 11.5 Å². The largest absolute Gasteiger partial charge is 0.290 e. The molecule has 1 unspecified atom stereocenters. The lowest BCUT2D eigenvalue weighted by Gasteiger charge is -2.32. The highest BCUT2D eigenvalue weighted by molar-refractivity contribution is 14.1. The van der Waals surface area contributed by atoms with Crippen LogP contribution < -0.4 is 0 Å². The zero-order valence-electron chi connectivity index (χ0n) is 13.1. The molecule has 0 aliphatic heterocycles. The van der Waals surface area contributed by atoms with E-state index in [0.29, 0.717) is 0 Å². The summed E-state index contributed by atoms with van der Waals surface area (Å²) in [4.78, 5) is 4.12. The number of imidazole rings is 1. The molecule has 1 atom stereocenters. The van der Waals surface area contributed by atoms with Crippen molar-refractivity contribution in [3.63, 3.8) is 0 Å². The monoisotopic (exact) mass is 394 g/mol. The minimum absolute atomic E-state index is 0.126. The summed E-state index contributed by atoms with van der Waals surface area (Å²) in [5.41, 5.74) is -0.126. The van der Waals surface area contributed by atoms with Crippen LogP contribution in [0.1, 0.15) is 78.6 Å². The fourth-order valence-corrected chi connectivity index (χ4v) is 3.76. The molecule has 4 heteroatoms. The molecule has 0 aromatic carbocycles. The molecule has 0 bridgehead atoms. The van der Waals surface area contributed by atoms with Gasteiger partial charge >= 0.3 is 0 Å². The lowest BCUT2D eigenvalue weighted by Crippen LogP contribution is -2.32. The van der Waals surface area contributed by atoms with Gasteiger partial charge in [0.1, 0.15) is 0 Å². The van der Waals surface area contributed by atoms with E-state index < -0.39 is 0 Å². The summed E-state index contributed by atoms with van der Waals surface area (Å²) in [6, 6.07) is 0. The second kappa shape index (κ2) is 9.00. The van der Waals surface area contributed by atoms with Crippen molar-refractivity contribution in [2.24, 2.45) is 0 Å². The van der Waals surface area contributed by atoms with Crippen molar-refractivity contribution in [1.29, 1.82) is 0 Å². The number of rotatable bonds is 10. The molecule has 0 N–H and O–H groups in total. The molecule has 0 saturated heterocycles. The van der Waals surface area contributed by atoms with E-state index in [1.54, 1.807) is 0 Å². The minimum atomic E-state index is -0.193. The molecule has 0 amide bonds. The molecule has 0 spiro atoms. The molecule has 0 saturated carbocycles. The summed E-state index contributed by atoms with van der Waals surface area (Å²) in [5.74, 6) is -0.193. The third kappa shape index (κ3) is 5.01. The van der Waals surface area contributed by atoms with Gasteiger partial charge < -0.3 is 0 Å². The predicted octanol–water partition coefficient (Wildman–Crippen LogP) is 5.89. The van der Waals surface area contributed by atoms with Crippen molar-refractivity contribution in [1.82, 2.24) is 9.55 Å². The highest BCUT2D eigenvalue weighted by Gasteiger charge is 2.29. The fourth-order valence-electron chi connectivity index (χ4n) is 2.81. The van der Waals surface area contributed by atoms with Gasteiger partial charge in [-0.25, -0.2) is 4.98 Å². The van der Waals surface area contributed by atoms with Crippen LogP contribution in [0.3, 0.4) is 0 Å². The van der Waals surface area contributed by atoms with Crippen LogP contribution in [0.15, 0.2) is 6.20 Å². The average molecular weight is 394 g/mol. The van der Waals surface area contributed by atoms with Gasteiger partial charge in [-0.1, -0.05) is 58.8 Å². The standard InChI is InChI=1S/C16H28FIN2/c1-4-6-8-9-10-12-16(3,11-7-5-2)20-14(17)13-19-15(20)18/h13H,4-12H2,1-3H3. The molecule has 0 aliphatic carbocycles. The van der Waals surface area contributed by atoms with Crippen LogP contribution in [0.5, 0.6) is 0 Å². The van der Waals surface area contributed by atoms with Crippen LogP contribution in [0.4, 0.5) is 4.39 Å². The zero-order valence-corrected chi connectivity index (χ0v) is 15.2. The van der Waals surface area contributed by atoms with Crippen LogP contribution in [0.25, 0.3) is 0 Å². The highest BCUT2D eigenvalue weighted by atomic mass is 127. The van der Waals surface area contributed by atoms with Crippen LogP contribution in [0.2, 0.25) is 0 Å². The molecule has 1 aromatic heterocycles. The Hall–Kier alpha value is -0.130. The van der Waals surface area contributed by atoms with E-state index in [9.17, 15) is 4.39 Å². The van der Waals surface area contributed by atoms with Crippen LogP contribution in [-0.2, 0) is 5.54 Å². The summed E-state index contributed by atoms with van der Waals surface area (Å²) in [7, 11) is 0. The number of hydrogen-bond donors (Lipinski definition) is 0. The molecule has 0 fully saturated rings. The fraction of sp³-hybridized carbons (Fsp3) is 0.812. The maximum absolute atomic E-state index is 14.1. The van der Waals surface area contributed by atoms with Crippen molar-refractivity contribution in [3.8, 4) is 0 Å². The van der Waals surface area contributed by atoms with Crippen molar-refractivity contribution in [3.05, 3.63) is 16.0 Å². The van der Waals surface area contributed by atoms with Gasteiger partial charge in [0.2, 0.25) is 5.95 Å². The lowest BCUT2D eigenvalue weighted by molar-refractivity contribution is 0.220. The van der Waals surface area contributed by atoms with E-state index >= 15 is 0 Å². The first-order valence-electron chi connectivity index (χ1n) is 7.94. The van der Waals surface area contributed by atoms with Gasteiger partial charge in [0.25, 0.3) is 0 Å². The second-order valence-electron chi connectivity index (χ2n) is 5.95. The van der Waals surface area contributed by atoms with Crippen molar-refractivity contribution in [2.75, 3.05) is 0 Å². The van der Waals surface area contributed by atoms with Gasteiger partial charge in [0.05, 0.1) is 6.20 Å². The van der Waals surface area contributed by atoms with E-state index in [1.807, 2.05) is 4.57 Å². The third-order valence-electron chi connectivity index (χ3n) is 4.10. The number of unbranched alkanes of at least 4 members (excludes halogenated alkanes) is 5. The van der Waals surface area contributed by atoms with E-state index in [4.69, 9.17) is 0 Å². The normalized spacial score (nSPS) is 14.4. The first-order chi connectivity index (χ1) is 9.55. The van der Waals surface area contributed by atoms with Gasteiger partial charge in [-0.2, -0.15) is 4.39 Å². The Morgan fingerprint density at radius 1 is 1.10 bits per heavy atom. The van der Waals surface area contributed by atoms with E-state index in [1.165, 1.54) is 38.3 Å². The van der Waals surface area contributed by atoms with Crippen LogP contribution >= 0.6 is 22.6 Å². The van der Waals surface area contributed by atoms with Gasteiger partial charge in [-0.05, 0) is 19.8 Å². The summed E-state index contributed by atoms with van der Waals surface area (Å²) in [6.07, 6.45) is 12.0. The Bertz CT molecular complexity index is 372. The lowest BCUT2D eigenvalue weighted by atomic mass is 9.88. The molecule has 116 valence electrons. The maximum Gasteiger partial charge on any atom is 0.214 e. The highest BCUT2D eigenvalue weighted by Crippen LogP contribution is 2.32. The topological polar surface area (TPSA) is 17.8 Å². The van der Waals surface area contributed by atoms with Crippen LogP contribution in [-0.4, -0.2) is 9.55 Å². The molecule has 1 aromatic rings. The third-order valence-corrected chi connectivity index (χ3v) is 4.86.